The van der Waals surface area contributed by atoms with Crippen molar-refractivity contribution in [1.29, 1.82) is 0 Å². The summed E-state index contributed by atoms with van der Waals surface area (Å²) in [7, 11) is 0. The lowest BCUT2D eigenvalue weighted by molar-refractivity contribution is -0.384. The van der Waals surface area contributed by atoms with Crippen LogP contribution >= 0.6 is 0 Å². The Bertz CT molecular complexity index is 512. The quantitative estimate of drug-likeness (QED) is 0.453. The number of anilines is 1. The van der Waals surface area contributed by atoms with Gasteiger partial charge in [0.25, 0.3) is 5.69 Å². The lowest BCUT2D eigenvalue weighted by Crippen LogP contribution is -2.37. The van der Waals surface area contributed by atoms with Crippen molar-refractivity contribution in [2.24, 2.45) is 0 Å². The molecule has 116 valence electrons. The van der Waals surface area contributed by atoms with Crippen molar-refractivity contribution < 1.29 is 14.8 Å². The van der Waals surface area contributed by atoms with Crippen molar-refractivity contribution in [3.8, 4) is 0 Å². The molecule has 1 aromatic rings. The van der Waals surface area contributed by atoms with Crippen molar-refractivity contribution in [3.05, 3.63) is 33.9 Å². The average Bonchev–Trinajstić information content (AvgIpc) is 2.46. The Balaban J connectivity index is 3.35. The van der Waals surface area contributed by atoms with Gasteiger partial charge in [-0.3, -0.25) is 14.9 Å². The van der Waals surface area contributed by atoms with Gasteiger partial charge in [0.05, 0.1) is 11.5 Å². The molecule has 6 heteroatoms. The Morgan fingerprint density at radius 2 is 2.00 bits per heavy atom. The van der Waals surface area contributed by atoms with E-state index in [4.69, 9.17) is 0 Å². The van der Waals surface area contributed by atoms with E-state index in [1.165, 1.54) is 13.0 Å². The van der Waals surface area contributed by atoms with Crippen LogP contribution in [0.25, 0.3) is 0 Å². The van der Waals surface area contributed by atoms with Crippen LogP contribution in [-0.4, -0.2) is 35.0 Å². The third-order valence-electron chi connectivity index (χ3n) is 3.61. The van der Waals surface area contributed by atoms with Gasteiger partial charge >= 0.3 is 0 Å². The number of aliphatic hydroxyl groups is 1. The van der Waals surface area contributed by atoms with Gasteiger partial charge in [0, 0.05) is 24.2 Å². The fraction of sp³-hybridized carbons (Fsp3) is 0.533. The van der Waals surface area contributed by atoms with Crippen LogP contribution in [0.1, 0.15) is 44.0 Å². The molecule has 21 heavy (non-hydrogen) atoms. The van der Waals surface area contributed by atoms with Crippen LogP contribution in [0.15, 0.2) is 18.2 Å². The summed E-state index contributed by atoms with van der Waals surface area (Å²) < 4.78 is 0. The molecule has 6 nitrogen and oxygen atoms in total. The first-order chi connectivity index (χ1) is 9.96. The summed E-state index contributed by atoms with van der Waals surface area (Å²) in [4.78, 5) is 24.1. The number of ketones is 1. The zero-order valence-corrected chi connectivity index (χ0v) is 12.7. The summed E-state index contributed by atoms with van der Waals surface area (Å²) in [6, 6.07) is 4.61. The maximum absolute atomic E-state index is 11.4. The van der Waals surface area contributed by atoms with E-state index in [2.05, 4.69) is 0 Å². The van der Waals surface area contributed by atoms with Crippen LogP contribution in [0.5, 0.6) is 0 Å². The van der Waals surface area contributed by atoms with Crippen LogP contribution in [0.3, 0.4) is 0 Å². The topological polar surface area (TPSA) is 83.7 Å². The Morgan fingerprint density at radius 1 is 1.38 bits per heavy atom. The third-order valence-corrected chi connectivity index (χ3v) is 3.61. The molecule has 1 rings (SSSR count). The van der Waals surface area contributed by atoms with E-state index in [1.807, 2.05) is 18.7 Å². The van der Waals surface area contributed by atoms with Crippen molar-refractivity contribution in [2.45, 2.75) is 39.7 Å². The van der Waals surface area contributed by atoms with Gasteiger partial charge in [-0.15, -0.1) is 0 Å². The maximum atomic E-state index is 11.4. The van der Waals surface area contributed by atoms with Crippen LogP contribution in [0.2, 0.25) is 0 Å². The van der Waals surface area contributed by atoms with Crippen molar-refractivity contribution in [1.82, 2.24) is 0 Å². The predicted octanol–water partition coefficient (Wildman–Crippen LogP) is 2.78. The molecular weight excluding hydrogens is 272 g/mol. The SMILES string of the molecule is CCC(CC)N(CCO)c1ccc(C(C)=O)cc1[N+](=O)[O-]. The first-order valence-corrected chi connectivity index (χ1v) is 7.13. The van der Waals surface area contributed by atoms with Crippen molar-refractivity contribution in [2.75, 3.05) is 18.1 Å². The Kier molecular flexibility index (Phi) is 6.30. The predicted molar refractivity (Wildman–Crippen MR) is 81.9 cm³/mol. The molecule has 0 saturated heterocycles. The first-order valence-electron chi connectivity index (χ1n) is 7.13. The largest absolute Gasteiger partial charge is 0.395 e. The van der Waals surface area contributed by atoms with Gasteiger partial charge in [-0.2, -0.15) is 0 Å². The van der Waals surface area contributed by atoms with Crippen LogP contribution < -0.4 is 4.90 Å². The Labute approximate surface area is 124 Å². The standard InChI is InChI=1S/C15H22N2O4/c1-4-13(5-2)16(8-9-18)14-7-6-12(11(3)19)10-15(14)17(20)21/h6-7,10,13,18H,4-5,8-9H2,1-3H3. The van der Waals surface area contributed by atoms with Crippen LogP contribution in [0.4, 0.5) is 11.4 Å². The van der Waals surface area contributed by atoms with E-state index in [9.17, 15) is 20.0 Å². The van der Waals surface area contributed by atoms with E-state index in [0.717, 1.165) is 12.8 Å². The summed E-state index contributed by atoms with van der Waals surface area (Å²) in [5, 5.41) is 20.6. The minimum absolute atomic E-state index is 0.0812. The van der Waals surface area contributed by atoms with E-state index >= 15 is 0 Å². The molecule has 1 N–H and O–H groups in total. The number of Topliss-reactive ketones (excluding diaryl/α,β-unsaturated/α-hetero) is 1. The fourth-order valence-corrected chi connectivity index (χ4v) is 2.47. The number of nitro groups is 1. The maximum Gasteiger partial charge on any atom is 0.293 e. The minimum atomic E-state index is -0.478. The monoisotopic (exact) mass is 294 g/mol. The van der Waals surface area contributed by atoms with E-state index < -0.39 is 4.92 Å². The van der Waals surface area contributed by atoms with E-state index in [0.29, 0.717) is 17.8 Å². The summed E-state index contributed by atoms with van der Waals surface area (Å²) in [5.41, 5.74) is 0.676. The highest BCUT2D eigenvalue weighted by atomic mass is 16.6. The molecule has 0 amide bonds. The molecule has 0 saturated carbocycles. The number of carbonyl (C=O) groups excluding carboxylic acids is 1. The van der Waals surface area contributed by atoms with E-state index in [1.54, 1.807) is 12.1 Å². The van der Waals surface area contributed by atoms with Gasteiger partial charge in [-0.25, -0.2) is 0 Å². The second-order valence-electron chi connectivity index (χ2n) is 4.90. The summed E-state index contributed by atoms with van der Waals surface area (Å²) in [5.74, 6) is -0.208. The molecule has 0 spiro atoms. The number of benzene rings is 1. The molecule has 0 aromatic heterocycles. The third kappa shape index (κ3) is 4.01. The molecule has 0 radical (unpaired) electrons. The number of rotatable bonds is 8. The van der Waals surface area contributed by atoms with Crippen LogP contribution in [-0.2, 0) is 0 Å². The number of nitrogens with zero attached hydrogens (tertiary/aromatic N) is 2. The molecule has 0 atom stereocenters. The summed E-state index contributed by atoms with van der Waals surface area (Å²) >= 11 is 0. The van der Waals surface area contributed by atoms with Gasteiger partial charge < -0.3 is 10.0 Å². The van der Waals surface area contributed by atoms with Gasteiger partial charge in [0.2, 0.25) is 0 Å². The second-order valence-corrected chi connectivity index (χ2v) is 4.90. The van der Waals surface area contributed by atoms with Gasteiger partial charge in [0.1, 0.15) is 5.69 Å². The lowest BCUT2D eigenvalue weighted by atomic mass is 10.1. The molecular formula is C15H22N2O4. The average molecular weight is 294 g/mol. The molecule has 0 aliphatic rings. The number of hydrogen-bond donors (Lipinski definition) is 1. The molecule has 0 heterocycles. The van der Waals surface area contributed by atoms with Gasteiger partial charge in [-0.1, -0.05) is 13.8 Å². The molecule has 0 bridgehead atoms. The summed E-state index contributed by atoms with van der Waals surface area (Å²) in [6.45, 7) is 5.64. The Morgan fingerprint density at radius 3 is 2.43 bits per heavy atom. The zero-order chi connectivity index (χ0) is 16.0. The second kappa shape index (κ2) is 7.73. The first kappa shape index (κ1) is 17.1. The lowest BCUT2D eigenvalue weighted by Gasteiger charge is -2.31. The highest BCUT2D eigenvalue weighted by Gasteiger charge is 2.24. The smallest absolute Gasteiger partial charge is 0.293 e. The highest BCUT2D eigenvalue weighted by molar-refractivity contribution is 5.95. The minimum Gasteiger partial charge on any atom is -0.395 e. The Hall–Kier alpha value is -1.95. The number of hydrogen-bond acceptors (Lipinski definition) is 5. The highest BCUT2D eigenvalue weighted by Crippen LogP contribution is 2.32. The van der Waals surface area contributed by atoms with Crippen molar-refractivity contribution in [3.63, 3.8) is 0 Å². The van der Waals surface area contributed by atoms with Gasteiger partial charge in [0.15, 0.2) is 5.78 Å². The number of nitro benzene ring substituents is 1. The molecule has 0 aliphatic carbocycles. The summed E-state index contributed by atoms with van der Waals surface area (Å²) in [6.07, 6.45) is 1.64. The zero-order valence-electron chi connectivity index (χ0n) is 12.7. The molecule has 0 fully saturated rings. The van der Waals surface area contributed by atoms with Crippen LogP contribution in [0, 0.1) is 10.1 Å². The van der Waals surface area contributed by atoms with Gasteiger partial charge in [-0.05, 0) is 31.9 Å². The number of carbonyl (C=O) groups is 1. The van der Waals surface area contributed by atoms with E-state index in [-0.39, 0.29) is 24.1 Å². The van der Waals surface area contributed by atoms with Crippen molar-refractivity contribution >= 4 is 17.2 Å². The number of aliphatic hydroxyl groups excluding tert-OH is 1. The molecule has 0 aliphatic heterocycles. The molecule has 1 aromatic carbocycles. The normalized spacial score (nSPS) is 10.7. The fourth-order valence-electron chi connectivity index (χ4n) is 2.47. The molecule has 0 unspecified atom stereocenters.